The minimum Gasteiger partial charge on any atom is -0.393 e. The zero-order valence-corrected chi connectivity index (χ0v) is 9.00. The Hall–Kier alpha value is -1.39. The Balaban J connectivity index is 1.65. The van der Waals surface area contributed by atoms with Gasteiger partial charge >= 0.3 is 0 Å². The van der Waals surface area contributed by atoms with Crippen molar-refractivity contribution in [3.05, 3.63) is 36.3 Å². The lowest BCUT2D eigenvalue weighted by atomic mass is 9.89. The van der Waals surface area contributed by atoms with Crippen molar-refractivity contribution in [2.24, 2.45) is 0 Å². The molecular formula is C12H15N3O. The second-order valence-electron chi connectivity index (χ2n) is 4.40. The van der Waals surface area contributed by atoms with Gasteiger partial charge in [0.05, 0.1) is 11.8 Å². The first kappa shape index (κ1) is 9.81. The van der Waals surface area contributed by atoms with Crippen molar-refractivity contribution in [1.29, 1.82) is 0 Å². The van der Waals surface area contributed by atoms with Gasteiger partial charge < -0.3 is 14.8 Å². The Bertz CT molecular complexity index is 455. The van der Waals surface area contributed by atoms with Crippen LogP contribution >= 0.6 is 0 Å². The molecule has 0 saturated heterocycles. The number of aromatic nitrogens is 2. The molecule has 0 bridgehead atoms. The van der Waals surface area contributed by atoms with Crippen molar-refractivity contribution in [1.82, 2.24) is 14.7 Å². The highest BCUT2D eigenvalue weighted by atomic mass is 16.3. The van der Waals surface area contributed by atoms with Gasteiger partial charge in [-0.05, 0) is 25.0 Å². The average molecular weight is 217 g/mol. The van der Waals surface area contributed by atoms with Gasteiger partial charge in [0.15, 0.2) is 0 Å². The summed E-state index contributed by atoms with van der Waals surface area (Å²) in [5.41, 5.74) is 2.03. The summed E-state index contributed by atoms with van der Waals surface area (Å²) < 4.78 is 2.02. The molecule has 0 radical (unpaired) electrons. The molecule has 4 nitrogen and oxygen atoms in total. The van der Waals surface area contributed by atoms with Crippen LogP contribution in [0.3, 0.4) is 0 Å². The summed E-state index contributed by atoms with van der Waals surface area (Å²) in [5, 5.41) is 12.6. The van der Waals surface area contributed by atoms with E-state index < -0.39 is 0 Å². The number of rotatable bonds is 3. The number of nitrogens with zero attached hydrogens (tertiary/aromatic N) is 2. The molecular weight excluding hydrogens is 202 g/mol. The maximum Gasteiger partial charge on any atom is 0.137 e. The van der Waals surface area contributed by atoms with E-state index in [2.05, 4.69) is 10.3 Å². The number of fused-ring (bicyclic) bond motifs is 1. The molecule has 1 saturated carbocycles. The number of aliphatic hydroxyl groups is 1. The van der Waals surface area contributed by atoms with Crippen molar-refractivity contribution in [2.75, 3.05) is 0 Å². The Morgan fingerprint density at radius 1 is 1.44 bits per heavy atom. The summed E-state index contributed by atoms with van der Waals surface area (Å²) in [7, 11) is 0. The van der Waals surface area contributed by atoms with Crippen LogP contribution in [0.1, 0.15) is 18.5 Å². The fourth-order valence-electron chi connectivity index (χ4n) is 2.08. The maximum atomic E-state index is 9.17. The molecule has 1 aliphatic rings. The van der Waals surface area contributed by atoms with E-state index in [1.54, 1.807) is 0 Å². The lowest BCUT2D eigenvalue weighted by molar-refractivity contribution is 0.0618. The first-order chi connectivity index (χ1) is 7.81. The molecule has 3 rings (SSSR count). The van der Waals surface area contributed by atoms with Gasteiger partial charge in [-0.2, -0.15) is 0 Å². The third-order valence-corrected chi connectivity index (χ3v) is 3.10. The Morgan fingerprint density at radius 2 is 2.31 bits per heavy atom. The molecule has 0 atom stereocenters. The van der Waals surface area contributed by atoms with E-state index in [1.165, 1.54) is 0 Å². The standard InChI is InChI=1S/C12H15N3O/c16-11-5-9(6-11)13-7-10-8-15-4-2-1-3-12(15)14-10/h1-4,8-9,11,13,16H,5-7H2. The monoisotopic (exact) mass is 217 g/mol. The SMILES string of the molecule is OC1CC(NCc2cn3ccccc3n2)C1. The zero-order valence-electron chi connectivity index (χ0n) is 9.00. The predicted octanol–water partition coefficient (Wildman–Crippen LogP) is 0.947. The van der Waals surface area contributed by atoms with Gasteiger partial charge in [-0.15, -0.1) is 0 Å². The normalized spacial score (nSPS) is 24.6. The van der Waals surface area contributed by atoms with Crippen LogP contribution in [0, 0.1) is 0 Å². The van der Waals surface area contributed by atoms with Crippen LogP contribution in [-0.2, 0) is 6.54 Å². The van der Waals surface area contributed by atoms with Crippen LogP contribution in [0.15, 0.2) is 30.6 Å². The van der Waals surface area contributed by atoms with Crippen molar-refractivity contribution in [3.63, 3.8) is 0 Å². The lowest BCUT2D eigenvalue weighted by Gasteiger charge is -2.31. The smallest absolute Gasteiger partial charge is 0.137 e. The van der Waals surface area contributed by atoms with E-state index in [4.69, 9.17) is 0 Å². The highest BCUT2D eigenvalue weighted by Gasteiger charge is 2.26. The third kappa shape index (κ3) is 1.81. The largest absolute Gasteiger partial charge is 0.393 e. The number of hydrogen-bond donors (Lipinski definition) is 2. The molecule has 0 spiro atoms. The van der Waals surface area contributed by atoms with Gasteiger partial charge in [-0.25, -0.2) is 4.98 Å². The molecule has 1 aliphatic carbocycles. The van der Waals surface area contributed by atoms with Gasteiger partial charge in [0.2, 0.25) is 0 Å². The number of pyridine rings is 1. The van der Waals surface area contributed by atoms with Gasteiger partial charge in [0.1, 0.15) is 5.65 Å². The summed E-state index contributed by atoms with van der Waals surface area (Å²) in [6.45, 7) is 0.777. The molecule has 16 heavy (non-hydrogen) atoms. The molecule has 84 valence electrons. The van der Waals surface area contributed by atoms with Gasteiger partial charge in [-0.1, -0.05) is 6.07 Å². The van der Waals surface area contributed by atoms with E-state index in [0.29, 0.717) is 6.04 Å². The Labute approximate surface area is 93.9 Å². The minimum atomic E-state index is -0.0985. The number of aliphatic hydroxyl groups excluding tert-OH is 1. The topological polar surface area (TPSA) is 49.6 Å². The Kier molecular flexibility index (Phi) is 2.38. The highest BCUT2D eigenvalue weighted by molar-refractivity contribution is 5.39. The third-order valence-electron chi connectivity index (χ3n) is 3.10. The van der Waals surface area contributed by atoms with E-state index in [0.717, 1.165) is 30.7 Å². The quantitative estimate of drug-likeness (QED) is 0.804. The summed E-state index contributed by atoms with van der Waals surface area (Å²) in [5.74, 6) is 0. The fourth-order valence-corrected chi connectivity index (χ4v) is 2.08. The van der Waals surface area contributed by atoms with Crippen molar-refractivity contribution >= 4 is 5.65 Å². The molecule has 0 aliphatic heterocycles. The summed E-state index contributed by atoms with van der Waals surface area (Å²) in [4.78, 5) is 4.50. The Morgan fingerprint density at radius 3 is 3.06 bits per heavy atom. The van der Waals surface area contributed by atoms with E-state index >= 15 is 0 Å². The molecule has 1 fully saturated rings. The van der Waals surface area contributed by atoms with Crippen molar-refractivity contribution in [3.8, 4) is 0 Å². The second-order valence-corrected chi connectivity index (χ2v) is 4.40. The van der Waals surface area contributed by atoms with E-state index in [9.17, 15) is 5.11 Å². The van der Waals surface area contributed by atoms with Crippen LogP contribution in [0.2, 0.25) is 0 Å². The fraction of sp³-hybridized carbons (Fsp3) is 0.417. The second kappa shape index (κ2) is 3.88. The number of nitrogens with one attached hydrogen (secondary N) is 1. The molecule has 2 aromatic heterocycles. The average Bonchev–Trinajstić information content (AvgIpc) is 2.65. The first-order valence-corrected chi connectivity index (χ1v) is 5.65. The van der Waals surface area contributed by atoms with E-state index in [-0.39, 0.29) is 6.10 Å². The van der Waals surface area contributed by atoms with Crippen molar-refractivity contribution < 1.29 is 5.11 Å². The molecule has 2 aromatic rings. The highest BCUT2D eigenvalue weighted by Crippen LogP contribution is 2.19. The summed E-state index contributed by atoms with van der Waals surface area (Å²) in [6, 6.07) is 6.44. The predicted molar refractivity (Wildman–Crippen MR) is 61.1 cm³/mol. The van der Waals surface area contributed by atoms with Crippen LogP contribution in [0.25, 0.3) is 5.65 Å². The maximum absolute atomic E-state index is 9.17. The number of imidazole rings is 1. The summed E-state index contributed by atoms with van der Waals surface area (Å²) >= 11 is 0. The lowest BCUT2D eigenvalue weighted by Crippen LogP contribution is -2.43. The van der Waals surface area contributed by atoms with Crippen molar-refractivity contribution in [2.45, 2.75) is 31.5 Å². The van der Waals surface area contributed by atoms with E-state index in [1.807, 2.05) is 35.0 Å². The van der Waals surface area contributed by atoms with Gasteiger partial charge in [-0.3, -0.25) is 0 Å². The molecule has 4 heteroatoms. The molecule has 0 amide bonds. The van der Waals surface area contributed by atoms with Gasteiger partial charge in [0, 0.05) is 25.0 Å². The molecule has 2 heterocycles. The van der Waals surface area contributed by atoms with Crippen LogP contribution in [0.5, 0.6) is 0 Å². The van der Waals surface area contributed by atoms with Crippen LogP contribution in [-0.4, -0.2) is 26.6 Å². The zero-order chi connectivity index (χ0) is 11.0. The first-order valence-electron chi connectivity index (χ1n) is 5.65. The van der Waals surface area contributed by atoms with Crippen LogP contribution in [0.4, 0.5) is 0 Å². The van der Waals surface area contributed by atoms with Crippen LogP contribution < -0.4 is 5.32 Å². The molecule has 2 N–H and O–H groups in total. The molecule has 0 aromatic carbocycles. The van der Waals surface area contributed by atoms with Gasteiger partial charge in [0.25, 0.3) is 0 Å². The molecule has 0 unspecified atom stereocenters. The minimum absolute atomic E-state index is 0.0985. The number of hydrogen-bond acceptors (Lipinski definition) is 3. The summed E-state index contributed by atoms with van der Waals surface area (Å²) in [6.07, 6.45) is 5.68.